The van der Waals surface area contributed by atoms with Crippen LogP contribution in [0.15, 0.2) is 61.1 Å². The van der Waals surface area contributed by atoms with Gasteiger partial charge in [0.2, 0.25) is 9.84 Å². The van der Waals surface area contributed by atoms with Crippen LogP contribution >= 0.6 is 15.9 Å². The van der Waals surface area contributed by atoms with Crippen LogP contribution in [0.5, 0.6) is 0 Å². The average Bonchev–Trinajstić information content (AvgIpc) is 2.92. The lowest BCUT2D eigenvalue weighted by atomic mass is 10.1. The molecule has 0 fully saturated rings. The predicted octanol–water partition coefficient (Wildman–Crippen LogP) is 3.67. The van der Waals surface area contributed by atoms with Crippen molar-refractivity contribution in [3.8, 4) is 0 Å². The van der Waals surface area contributed by atoms with Gasteiger partial charge in [0.1, 0.15) is 11.3 Å². The molecule has 0 saturated heterocycles. The summed E-state index contributed by atoms with van der Waals surface area (Å²) >= 11 is 3.32. The summed E-state index contributed by atoms with van der Waals surface area (Å²) in [7, 11) is -3.56. The molecule has 0 atom stereocenters. The van der Waals surface area contributed by atoms with Crippen LogP contribution in [0, 0.1) is 0 Å². The lowest BCUT2D eigenvalue weighted by molar-refractivity contribution is 0.487. The molecule has 0 spiro atoms. The molecule has 0 saturated carbocycles. The zero-order valence-electron chi connectivity index (χ0n) is 12.2. The van der Waals surface area contributed by atoms with E-state index in [1.165, 1.54) is 5.56 Å². The third-order valence-corrected chi connectivity index (χ3v) is 6.34. The van der Waals surface area contributed by atoms with Crippen molar-refractivity contribution in [3.05, 3.63) is 58.3 Å². The second kappa shape index (κ2) is 5.47. The van der Waals surface area contributed by atoms with Crippen molar-refractivity contribution in [2.45, 2.75) is 22.8 Å². The molecule has 0 radical (unpaired) electrons. The van der Waals surface area contributed by atoms with E-state index in [9.17, 15) is 8.42 Å². The number of halogens is 1. The Morgan fingerprint density at radius 3 is 2.74 bits per heavy atom. The number of sulfone groups is 1. The number of hydrogen-bond donors (Lipinski definition) is 1. The van der Waals surface area contributed by atoms with Gasteiger partial charge >= 0.3 is 0 Å². The topological polar surface area (TPSA) is 59.3 Å². The van der Waals surface area contributed by atoms with Crippen LogP contribution in [0.25, 0.3) is 11.0 Å². The molecule has 0 bridgehead atoms. The Bertz CT molecular complexity index is 1010. The molecule has 6 heteroatoms. The van der Waals surface area contributed by atoms with E-state index in [-0.39, 0.29) is 9.79 Å². The summed E-state index contributed by atoms with van der Waals surface area (Å²) in [6.07, 6.45) is 0.903. The zero-order chi connectivity index (χ0) is 16.0. The Kier molecular flexibility index (Phi) is 3.55. The fourth-order valence-electron chi connectivity index (χ4n) is 2.95. The van der Waals surface area contributed by atoms with Crippen LogP contribution in [0.2, 0.25) is 0 Å². The first-order valence-electron chi connectivity index (χ1n) is 7.31. The van der Waals surface area contributed by atoms with Crippen LogP contribution in [0.4, 0.5) is 0 Å². The van der Waals surface area contributed by atoms with Crippen LogP contribution in [-0.4, -0.2) is 15.0 Å². The van der Waals surface area contributed by atoms with E-state index >= 15 is 0 Å². The molecule has 23 heavy (non-hydrogen) atoms. The van der Waals surface area contributed by atoms with E-state index in [2.05, 4.69) is 21.2 Å². The molecule has 0 unspecified atom stereocenters. The number of fused-ring (bicyclic) bond motifs is 3. The maximum absolute atomic E-state index is 12.8. The summed E-state index contributed by atoms with van der Waals surface area (Å²) in [6, 6.07) is 11.9. The molecule has 1 aliphatic rings. The summed E-state index contributed by atoms with van der Waals surface area (Å²) in [6.45, 7) is 1.61. The minimum Gasteiger partial charge on any atom is -0.459 e. The van der Waals surface area contributed by atoms with Gasteiger partial charge in [0.05, 0.1) is 16.3 Å². The summed E-state index contributed by atoms with van der Waals surface area (Å²) in [5.74, 6) is 0.906. The second-order valence-electron chi connectivity index (χ2n) is 5.55. The highest BCUT2D eigenvalue weighted by molar-refractivity contribution is 9.10. The molecular weight excluding hydrogens is 378 g/mol. The molecular formula is C17H14BrNO3S. The van der Waals surface area contributed by atoms with Gasteiger partial charge in [-0.1, -0.05) is 22.0 Å². The van der Waals surface area contributed by atoms with Gasteiger partial charge in [-0.25, -0.2) is 8.42 Å². The molecule has 2 heterocycles. The SMILES string of the molecule is O=S(=O)(c1cccc(Br)c1)c1ccc2c3c(oc2c1)CNCC3. The zero-order valence-corrected chi connectivity index (χ0v) is 14.6. The summed E-state index contributed by atoms with van der Waals surface area (Å²) in [5, 5.41) is 4.27. The molecule has 0 aliphatic carbocycles. The van der Waals surface area contributed by atoms with Gasteiger partial charge in [-0.15, -0.1) is 0 Å². The average molecular weight is 392 g/mol. The predicted molar refractivity (Wildman–Crippen MR) is 91.2 cm³/mol. The first-order valence-corrected chi connectivity index (χ1v) is 9.59. The minimum atomic E-state index is -3.56. The van der Waals surface area contributed by atoms with Crippen molar-refractivity contribution in [1.82, 2.24) is 5.32 Å². The smallest absolute Gasteiger partial charge is 0.206 e. The fourth-order valence-corrected chi connectivity index (χ4v) is 4.82. The molecule has 4 rings (SSSR count). The maximum Gasteiger partial charge on any atom is 0.206 e. The van der Waals surface area contributed by atoms with Gasteiger partial charge in [-0.3, -0.25) is 0 Å². The number of nitrogens with one attached hydrogen (secondary N) is 1. The van der Waals surface area contributed by atoms with E-state index in [1.54, 1.807) is 36.4 Å². The van der Waals surface area contributed by atoms with Crippen LogP contribution in [-0.2, 0) is 22.8 Å². The van der Waals surface area contributed by atoms with Crippen molar-refractivity contribution in [3.63, 3.8) is 0 Å². The number of rotatable bonds is 2. The molecule has 1 N–H and O–H groups in total. The summed E-state index contributed by atoms with van der Waals surface area (Å²) in [4.78, 5) is 0.520. The summed E-state index contributed by atoms with van der Waals surface area (Å²) in [5.41, 5.74) is 1.82. The van der Waals surface area contributed by atoms with Gasteiger partial charge in [0.15, 0.2) is 0 Å². The largest absolute Gasteiger partial charge is 0.459 e. The molecule has 2 aromatic carbocycles. The molecule has 118 valence electrons. The first kappa shape index (κ1) is 14.9. The normalized spacial score (nSPS) is 14.8. The van der Waals surface area contributed by atoms with E-state index in [4.69, 9.17) is 4.42 Å². The molecule has 1 aromatic heterocycles. The number of benzene rings is 2. The molecule has 3 aromatic rings. The Labute approximate surface area is 142 Å². The highest BCUT2D eigenvalue weighted by atomic mass is 79.9. The van der Waals surface area contributed by atoms with Gasteiger partial charge in [0, 0.05) is 21.5 Å². The van der Waals surface area contributed by atoms with E-state index in [1.807, 2.05) is 6.07 Å². The number of hydrogen-bond acceptors (Lipinski definition) is 4. The Morgan fingerprint density at radius 2 is 1.91 bits per heavy atom. The van der Waals surface area contributed by atoms with Gasteiger partial charge in [-0.2, -0.15) is 0 Å². The van der Waals surface area contributed by atoms with Crippen molar-refractivity contribution in [2.75, 3.05) is 6.54 Å². The highest BCUT2D eigenvalue weighted by Gasteiger charge is 2.22. The monoisotopic (exact) mass is 391 g/mol. The van der Waals surface area contributed by atoms with E-state index < -0.39 is 9.84 Å². The van der Waals surface area contributed by atoms with Crippen molar-refractivity contribution in [1.29, 1.82) is 0 Å². The van der Waals surface area contributed by atoms with Crippen LogP contribution < -0.4 is 5.32 Å². The first-order chi connectivity index (χ1) is 11.1. The Morgan fingerprint density at radius 1 is 1.09 bits per heavy atom. The fraction of sp³-hybridized carbons (Fsp3) is 0.176. The van der Waals surface area contributed by atoms with E-state index in [0.29, 0.717) is 12.1 Å². The van der Waals surface area contributed by atoms with E-state index in [0.717, 1.165) is 28.6 Å². The van der Waals surface area contributed by atoms with Crippen molar-refractivity contribution < 1.29 is 12.8 Å². The second-order valence-corrected chi connectivity index (χ2v) is 8.41. The highest BCUT2D eigenvalue weighted by Crippen LogP contribution is 2.32. The lowest BCUT2D eigenvalue weighted by Crippen LogP contribution is -2.22. The Hall–Kier alpha value is -1.63. The minimum absolute atomic E-state index is 0.252. The van der Waals surface area contributed by atoms with Gasteiger partial charge in [-0.05, 0) is 43.3 Å². The van der Waals surface area contributed by atoms with Crippen LogP contribution in [0.3, 0.4) is 0 Å². The van der Waals surface area contributed by atoms with Gasteiger partial charge in [0.25, 0.3) is 0 Å². The summed E-state index contributed by atoms with van der Waals surface area (Å²) < 4.78 is 32.2. The molecule has 1 aliphatic heterocycles. The third kappa shape index (κ3) is 2.51. The third-order valence-electron chi connectivity index (χ3n) is 4.10. The number of furan rings is 1. The van der Waals surface area contributed by atoms with Crippen LogP contribution in [0.1, 0.15) is 11.3 Å². The lowest BCUT2D eigenvalue weighted by Gasteiger charge is -2.10. The maximum atomic E-state index is 12.8. The standard InChI is InChI=1S/C17H14BrNO3S/c18-11-2-1-3-12(8-11)23(20,21)13-4-5-14-15-6-7-19-10-17(15)22-16(14)9-13/h1-5,8-9,19H,6-7,10H2. The van der Waals surface area contributed by atoms with Gasteiger partial charge < -0.3 is 9.73 Å². The van der Waals surface area contributed by atoms with Crippen molar-refractivity contribution in [2.24, 2.45) is 0 Å². The van der Waals surface area contributed by atoms with Crippen molar-refractivity contribution >= 4 is 36.7 Å². The molecule has 0 amide bonds. The molecule has 4 nitrogen and oxygen atoms in total. The Balaban J connectivity index is 1.86. The quantitative estimate of drug-likeness (QED) is 0.723.